The van der Waals surface area contributed by atoms with Crippen molar-refractivity contribution in [2.75, 3.05) is 19.5 Å². The van der Waals surface area contributed by atoms with Gasteiger partial charge in [-0.3, -0.25) is 9.59 Å². The van der Waals surface area contributed by atoms with Crippen molar-refractivity contribution in [1.82, 2.24) is 0 Å². The van der Waals surface area contributed by atoms with Gasteiger partial charge in [-0.15, -0.1) is 0 Å². The number of carbonyl (C=O) groups excluding carboxylic acids is 2. The highest BCUT2D eigenvalue weighted by Gasteiger charge is 2.18. The second kappa shape index (κ2) is 8.82. The number of sulfone groups is 1. The molecule has 0 radical (unpaired) electrons. The highest BCUT2D eigenvalue weighted by molar-refractivity contribution is 7.91. The van der Waals surface area contributed by atoms with Gasteiger partial charge in [-0.1, -0.05) is 11.6 Å². The molecule has 2 aromatic carbocycles. The molecule has 0 aliphatic heterocycles. The smallest absolute Gasteiger partial charge is 0.307 e. The molecule has 0 heterocycles. The number of ether oxygens (including phenoxy) is 2. The van der Waals surface area contributed by atoms with E-state index in [-0.39, 0.29) is 17.1 Å². The summed E-state index contributed by atoms with van der Waals surface area (Å²) in [5.41, 5.74) is 0.368. The molecule has 0 fully saturated rings. The minimum atomic E-state index is -3.63. The molecule has 138 valence electrons. The molecule has 0 unspecified atom stereocenters. The molecule has 8 heteroatoms. The van der Waals surface area contributed by atoms with Crippen molar-refractivity contribution in [3.8, 4) is 5.75 Å². The lowest BCUT2D eigenvalue weighted by Gasteiger charge is -2.06. The second-order valence-electron chi connectivity index (χ2n) is 5.34. The molecule has 0 saturated heterocycles. The topological polar surface area (TPSA) is 86.7 Å². The van der Waals surface area contributed by atoms with Crippen molar-refractivity contribution in [1.29, 1.82) is 0 Å². The normalized spacial score (nSPS) is 11.0. The van der Waals surface area contributed by atoms with E-state index in [9.17, 15) is 18.0 Å². The summed E-state index contributed by atoms with van der Waals surface area (Å²) in [7, 11) is -2.12. The Bertz CT molecular complexity index is 873. The first-order valence-electron chi connectivity index (χ1n) is 7.63. The van der Waals surface area contributed by atoms with Crippen LogP contribution in [0.5, 0.6) is 5.75 Å². The number of halogens is 1. The molecule has 0 spiro atoms. The van der Waals surface area contributed by atoms with E-state index in [4.69, 9.17) is 21.1 Å². The van der Waals surface area contributed by atoms with Crippen molar-refractivity contribution in [2.24, 2.45) is 0 Å². The van der Waals surface area contributed by atoms with Crippen LogP contribution < -0.4 is 4.74 Å². The van der Waals surface area contributed by atoms with Gasteiger partial charge in [0.15, 0.2) is 22.2 Å². The number of benzene rings is 2. The lowest BCUT2D eigenvalue weighted by Crippen LogP contribution is -2.17. The highest BCUT2D eigenvalue weighted by Crippen LogP contribution is 2.16. The van der Waals surface area contributed by atoms with Gasteiger partial charge < -0.3 is 9.47 Å². The first-order valence-corrected chi connectivity index (χ1v) is 9.66. The summed E-state index contributed by atoms with van der Waals surface area (Å²) >= 11 is 5.72. The summed E-state index contributed by atoms with van der Waals surface area (Å²) in [6.45, 7) is -0.452. The van der Waals surface area contributed by atoms with E-state index in [2.05, 4.69) is 0 Å². The van der Waals surface area contributed by atoms with Gasteiger partial charge >= 0.3 is 5.97 Å². The van der Waals surface area contributed by atoms with E-state index >= 15 is 0 Å². The zero-order valence-electron chi connectivity index (χ0n) is 14.0. The van der Waals surface area contributed by atoms with Gasteiger partial charge in [-0.05, 0) is 48.5 Å². The molecule has 0 N–H and O–H groups in total. The first-order chi connectivity index (χ1) is 12.3. The number of hydrogen-bond acceptors (Lipinski definition) is 6. The van der Waals surface area contributed by atoms with Crippen molar-refractivity contribution in [3.05, 3.63) is 59.1 Å². The van der Waals surface area contributed by atoms with Crippen LogP contribution in [-0.2, 0) is 19.4 Å². The number of carbonyl (C=O) groups is 2. The monoisotopic (exact) mass is 396 g/mol. The Kier molecular flexibility index (Phi) is 6.76. The largest absolute Gasteiger partial charge is 0.497 e. The molecule has 0 amide bonds. The maximum absolute atomic E-state index is 12.1. The second-order valence-corrected chi connectivity index (χ2v) is 7.88. The minimum absolute atomic E-state index is 0.0732. The Morgan fingerprint density at radius 2 is 1.62 bits per heavy atom. The molecule has 0 saturated carbocycles. The van der Waals surface area contributed by atoms with Gasteiger partial charge in [0.2, 0.25) is 0 Å². The molecule has 0 bridgehead atoms. The highest BCUT2D eigenvalue weighted by atomic mass is 35.5. The molecule has 26 heavy (non-hydrogen) atoms. The standard InChI is InChI=1S/C18H17ClO6S/c1-24-15-6-2-13(3-7-15)17(20)12-25-18(21)10-11-26(22,23)16-8-4-14(19)5-9-16/h2-9H,10-12H2,1H3. The third kappa shape index (κ3) is 5.57. The molecule has 0 atom stereocenters. The average molecular weight is 397 g/mol. The lowest BCUT2D eigenvalue weighted by molar-refractivity contribution is -0.142. The van der Waals surface area contributed by atoms with Gasteiger partial charge in [0.1, 0.15) is 5.75 Å². The van der Waals surface area contributed by atoms with E-state index in [1.807, 2.05) is 0 Å². The van der Waals surface area contributed by atoms with Crippen LogP contribution in [0.3, 0.4) is 0 Å². The summed E-state index contributed by atoms with van der Waals surface area (Å²) in [5, 5.41) is 0.417. The molecular formula is C18H17ClO6S. The fraction of sp³-hybridized carbons (Fsp3) is 0.222. The van der Waals surface area contributed by atoms with E-state index in [0.717, 1.165) is 0 Å². The molecule has 0 aromatic heterocycles. The fourth-order valence-electron chi connectivity index (χ4n) is 2.06. The van der Waals surface area contributed by atoms with Crippen LogP contribution >= 0.6 is 11.6 Å². The summed E-state index contributed by atoms with van der Waals surface area (Å²) in [6, 6.07) is 12.0. The molecule has 2 rings (SSSR count). The van der Waals surface area contributed by atoms with Crippen molar-refractivity contribution >= 4 is 33.2 Å². The number of Topliss-reactive ketones (excluding diaryl/α,β-unsaturated/α-hetero) is 1. The van der Waals surface area contributed by atoms with Crippen LogP contribution in [0.4, 0.5) is 0 Å². The van der Waals surface area contributed by atoms with E-state index < -0.39 is 28.2 Å². The van der Waals surface area contributed by atoms with Gasteiger partial charge in [-0.2, -0.15) is 0 Å². The summed E-state index contributed by atoms with van der Waals surface area (Å²) < 4.78 is 34.1. The number of rotatable bonds is 8. The van der Waals surface area contributed by atoms with Crippen molar-refractivity contribution in [2.45, 2.75) is 11.3 Å². The number of ketones is 1. The quantitative estimate of drug-likeness (QED) is 0.503. The minimum Gasteiger partial charge on any atom is -0.497 e. The summed E-state index contributed by atoms with van der Waals surface area (Å²) in [6.07, 6.45) is -0.346. The molecule has 0 aliphatic carbocycles. The Balaban J connectivity index is 1.84. The van der Waals surface area contributed by atoms with E-state index in [0.29, 0.717) is 16.3 Å². The van der Waals surface area contributed by atoms with Gasteiger partial charge in [0, 0.05) is 10.6 Å². The molecular weight excluding hydrogens is 380 g/mol. The number of hydrogen-bond donors (Lipinski definition) is 0. The third-order valence-corrected chi connectivity index (χ3v) is 5.51. The Labute approximate surface area is 156 Å². The maximum atomic E-state index is 12.1. The van der Waals surface area contributed by atoms with Crippen LogP contribution in [0.15, 0.2) is 53.4 Å². The average Bonchev–Trinajstić information content (AvgIpc) is 2.65. The lowest BCUT2D eigenvalue weighted by atomic mass is 10.1. The number of esters is 1. The number of methoxy groups -OCH3 is 1. The summed E-state index contributed by atoms with van der Waals surface area (Å²) in [4.78, 5) is 23.8. The van der Waals surface area contributed by atoms with Crippen LogP contribution in [0, 0.1) is 0 Å². The Morgan fingerprint density at radius 3 is 2.19 bits per heavy atom. The van der Waals surface area contributed by atoms with Crippen LogP contribution in [0.1, 0.15) is 16.8 Å². The first kappa shape index (κ1) is 19.9. The summed E-state index contributed by atoms with van der Waals surface area (Å²) in [5.74, 6) is -0.957. The van der Waals surface area contributed by atoms with Gasteiger partial charge in [0.25, 0.3) is 0 Å². The Morgan fingerprint density at radius 1 is 1.00 bits per heavy atom. The zero-order valence-corrected chi connectivity index (χ0v) is 15.5. The van der Waals surface area contributed by atoms with E-state index in [1.54, 1.807) is 24.3 Å². The maximum Gasteiger partial charge on any atom is 0.307 e. The van der Waals surface area contributed by atoms with E-state index in [1.165, 1.54) is 31.4 Å². The van der Waals surface area contributed by atoms with Crippen molar-refractivity contribution in [3.63, 3.8) is 0 Å². The molecule has 6 nitrogen and oxygen atoms in total. The Hall–Kier alpha value is -2.38. The van der Waals surface area contributed by atoms with Gasteiger partial charge in [-0.25, -0.2) is 8.42 Å². The van der Waals surface area contributed by atoms with Crippen LogP contribution in [0.25, 0.3) is 0 Å². The zero-order chi connectivity index (χ0) is 19.2. The van der Waals surface area contributed by atoms with Gasteiger partial charge in [0.05, 0.1) is 24.2 Å². The third-order valence-electron chi connectivity index (χ3n) is 3.52. The SMILES string of the molecule is COc1ccc(C(=O)COC(=O)CCS(=O)(=O)c2ccc(Cl)cc2)cc1. The predicted octanol–water partition coefficient (Wildman–Crippen LogP) is 2.94. The van der Waals surface area contributed by atoms with Crippen LogP contribution in [0.2, 0.25) is 5.02 Å². The van der Waals surface area contributed by atoms with Crippen LogP contribution in [-0.4, -0.2) is 39.6 Å². The molecule has 2 aromatic rings. The molecule has 0 aliphatic rings. The predicted molar refractivity (Wildman–Crippen MR) is 96.4 cm³/mol. The fourth-order valence-corrected chi connectivity index (χ4v) is 3.40. The van der Waals surface area contributed by atoms with Crippen molar-refractivity contribution < 1.29 is 27.5 Å².